The summed E-state index contributed by atoms with van der Waals surface area (Å²) >= 11 is 3.43. The Bertz CT molecular complexity index is 359. The SMILES string of the molecule is Cc1cccc(Br)c1NC(=O)C(C)(C)C. The molecule has 0 fully saturated rings. The number of para-hydroxylation sites is 1. The van der Waals surface area contributed by atoms with Gasteiger partial charge >= 0.3 is 0 Å². The molecule has 1 rings (SSSR count). The van der Waals surface area contributed by atoms with E-state index in [0.717, 1.165) is 15.7 Å². The van der Waals surface area contributed by atoms with Gasteiger partial charge in [0, 0.05) is 9.89 Å². The third kappa shape index (κ3) is 3.06. The van der Waals surface area contributed by atoms with Crippen LogP contribution in [0.25, 0.3) is 0 Å². The van der Waals surface area contributed by atoms with Crippen LogP contribution in [0.4, 0.5) is 5.69 Å². The molecule has 0 heterocycles. The molecule has 0 aliphatic rings. The van der Waals surface area contributed by atoms with Crippen LogP contribution in [-0.2, 0) is 4.79 Å². The summed E-state index contributed by atoms with van der Waals surface area (Å²) in [5.41, 5.74) is 1.54. The topological polar surface area (TPSA) is 29.1 Å². The number of nitrogens with one attached hydrogen (secondary N) is 1. The van der Waals surface area contributed by atoms with Gasteiger partial charge in [-0.25, -0.2) is 0 Å². The number of hydrogen-bond acceptors (Lipinski definition) is 1. The van der Waals surface area contributed by atoms with Crippen LogP contribution in [0.5, 0.6) is 0 Å². The molecule has 0 unspecified atom stereocenters. The van der Waals surface area contributed by atoms with Crippen LogP contribution in [0.15, 0.2) is 22.7 Å². The van der Waals surface area contributed by atoms with E-state index in [-0.39, 0.29) is 11.3 Å². The Morgan fingerprint density at radius 3 is 2.40 bits per heavy atom. The summed E-state index contributed by atoms with van der Waals surface area (Å²) in [6.45, 7) is 7.67. The lowest BCUT2D eigenvalue weighted by Gasteiger charge is -2.19. The number of rotatable bonds is 1. The van der Waals surface area contributed by atoms with Gasteiger partial charge in [0.1, 0.15) is 0 Å². The van der Waals surface area contributed by atoms with Gasteiger partial charge < -0.3 is 5.32 Å². The first kappa shape index (κ1) is 12.2. The Morgan fingerprint density at radius 1 is 1.33 bits per heavy atom. The molecule has 2 nitrogen and oxygen atoms in total. The highest BCUT2D eigenvalue weighted by molar-refractivity contribution is 9.10. The number of hydrogen-bond donors (Lipinski definition) is 1. The molecule has 0 bridgehead atoms. The first-order chi connectivity index (χ1) is 6.82. The number of benzene rings is 1. The van der Waals surface area contributed by atoms with E-state index in [1.807, 2.05) is 45.9 Å². The van der Waals surface area contributed by atoms with E-state index < -0.39 is 0 Å². The van der Waals surface area contributed by atoms with Gasteiger partial charge in [0.25, 0.3) is 0 Å². The van der Waals surface area contributed by atoms with Gasteiger partial charge in [0.05, 0.1) is 5.69 Å². The second kappa shape index (κ2) is 4.35. The van der Waals surface area contributed by atoms with Crippen LogP contribution in [0, 0.1) is 12.3 Å². The lowest BCUT2D eigenvalue weighted by atomic mass is 9.95. The molecule has 1 N–H and O–H groups in total. The molecule has 0 saturated heterocycles. The molecule has 0 aliphatic carbocycles. The van der Waals surface area contributed by atoms with Crippen molar-refractivity contribution in [1.29, 1.82) is 0 Å². The third-order valence-electron chi connectivity index (χ3n) is 2.14. The minimum Gasteiger partial charge on any atom is -0.324 e. The molecule has 0 radical (unpaired) electrons. The number of aryl methyl sites for hydroxylation is 1. The molecule has 1 aromatic carbocycles. The lowest BCUT2D eigenvalue weighted by molar-refractivity contribution is -0.123. The van der Waals surface area contributed by atoms with Gasteiger partial charge in [-0.2, -0.15) is 0 Å². The van der Waals surface area contributed by atoms with Crippen molar-refractivity contribution in [2.45, 2.75) is 27.7 Å². The maximum absolute atomic E-state index is 11.8. The van der Waals surface area contributed by atoms with E-state index in [1.165, 1.54) is 0 Å². The van der Waals surface area contributed by atoms with E-state index in [4.69, 9.17) is 0 Å². The van der Waals surface area contributed by atoms with Gasteiger partial charge in [0.2, 0.25) is 5.91 Å². The summed E-state index contributed by atoms with van der Waals surface area (Å²) in [4.78, 5) is 11.8. The van der Waals surface area contributed by atoms with Crippen LogP contribution in [0.2, 0.25) is 0 Å². The highest BCUT2D eigenvalue weighted by Crippen LogP contribution is 2.27. The van der Waals surface area contributed by atoms with Crippen LogP contribution in [0.1, 0.15) is 26.3 Å². The minimum atomic E-state index is -0.373. The summed E-state index contributed by atoms with van der Waals surface area (Å²) in [6.07, 6.45) is 0. The summed E-state index contributed by atoms with van der Waals surface area (Å²) < 4.78 is 0.917. The van der Waals surface area contributed by atoms with E-state index in [1.54, 1.807) is 0 Å². The zero-order valence-electron chi connectivity index (χ0n) is 9.52. The second-order valence-corrected chi connectivity index (χ2v) is 5.49. The fourth-order valence-corrected chi connectivity index (χ4v) is 1.66. The molecule has 0 atom stereocenters. The Morgan fingerprint density at radius 2 is 1.93 bits per heavy atom. The summed E-state index contributed by atoms with van der Waals surface area (Å²) in [5.74, 6) is 0.0255. The van der Waals surface area contributed by atoms with Gasteiger partial charge in [0.15, 0.2) is 0 Å². The molecule has 1 amide bonds. The number of amides is 1. The maximum Gasteiger partial charge on any atom is 0.229 e. The Kier molecular flexibility index (Phi) is 3.55. The smallest absolute Gasteiger partial charge is 0.229 e. The third-order valence-corrected chi connectivity index (χ3v) is 2.80. The van der Waals surface area contributed by atoms with E-state index in [0.29, 0.717) is 0 Å². The summed E-state index contributed by atoms with van der Waals surface area (Å²) in [7, 11) is 0. The quantitative estimate of drug-likeness (QED) is 0.827. The molecule has 1 aromatic rings. The van der Waals surface area contributed by atoms with Crippen LogP contribution < -0.4 is 5.32 Å². The van der Waals surface area contributed by atoms with Gasteiger partial charge in [-0.3, -0.25) is 4.79 Å². The molecule has 3 heteroatoms. The van der Waals surface area contributed by atoms with Crippen molar-refractivity contribution in [2.75, 3.05) is 5.32 Å². The summed E-state index contributed by atoms with van der Waals surface area (Å²) in [6, 6.07) is 5.85. The van der Waals surface area contributed by atoms with Gasteiger partial charge in [-0.05, 0) is 34.5 Å². The molecule has 0 spiro atoms. The molecule has 0 aliphatic heterocycles. The average Bonchev–Trinajstić information content (AvgIpc) is 2.09. The molecule has 0 saturated carbocycles. The highest BCUT2D eigenvalue weighted by Gasteiger charge is 2.22. The van der Waals surface area contributed by atoms with Crippen LogP contribution >= 0.6 is 15.9 Å². The van der Waals surface area contributed by atoms with Crippen molar-refractivity contribution >= 4 is 27.5 Å². The molecular weight excluding hydrogens is 254 g/mol. The van der Waals surface area contributed by atoms with Crippen molar-refractivity contribution in [2.24, 2.45) is 5.41 Å². The van der Waals surface area contributed by atoms with Crippen molar-refractivity contribution < 1.29 is 4.79 Å². The molecular formula is C12H16BrNO. The van der Waals surface area contributed by atoms with Gasteiger partial charge in [-0.15, -0.1) is 0 Å². The van der Waals surface area contributed by atoms with E-state index in [9.17, 15) is 4.79 Å². The maximum atomic E-state index is 11.8. The molecule has 82 valence electrons. The second-order valence-electron chi connectivity index (χ2n) is 4.64. The zero-order valence-corrected chi connectivity index (χ0v) is 11.1. The average molecular weight is 270 g/mol. The Hall–Kier alpha value is -0.830. The van der Waals surface area contributed by atoms with Crippen LogP contribution in [0.3, 0.4) is 0 Å². The van der Waals surface area contributed by atoms with E-state index >= 15 is 0 Å². The number of anilines is 1. The number of halogens is 1. The normalized spacial score (nSPS) is 11.3. The lowest BCUT2D eigenvalue weighted by Crippen LogP contribution is -2.28. The van der Waals surface area contributed by atoms with Crippen molar-refractivity contribution in [3.63, 3.8) is 0 Å². The van der Waals surface area contributed by atoms with E-state index in [2.05, 4.69) is 21.2 Å². The highest BCUT2D eigenvalue weighted by atomic mass is 79.9. The fraction of sp³-hybridized carbons (Fsp3) is 0.417. The Labute approximate surface area is 99.2 Å². The Balaban J connectivity index is 2.95. The number of carbonyl (C=O) groups excluding carboxylic acids is 1. The minimum absolute atomic E-state index is 0.0255. The van der Waals surface area contributed by atoms with Crippen molar-refractivity contribution in [1.82, 2.24) is 0 Å². The number of carbonyl (C=O) groups is 1. The predicted octanol–water partition coefficient (Wildman–Crippen LogP) is 3.74. The molecule has 15 heavy (non-hydrogen) atoms. The monoisotopic (exact) mass is 269 g/mol. The fourth-order valence-electron chi connectivity index (χ4n) is 1.09. The van der Waals surface area contributed by atoms with Crippen molar-refractivity contribution in [3.05, 3.63) is 28.2 Å². The largest absolute Gasteiger partial charge is 0.324 e. The molecule has 0 aromatic heterocycles. The first-order valence-corrected chi connectivity index (χ1v) is 5.68. The zero-order chi connectivity index (χ0) is 11.6. The summed E-state index contributed by atoms with van der Waals surface area (Å²) in [5, 5.41) is 2.93. The standard InChI is InChI=1S/C12H16BrNO/c1-8-6-5-7-9(13)10(8)14-11(15)12(2,3)4/h5-7H,1-4H3,(H,14,15). The van der Waals surface area contributed by atoms with Crippen molar-refractivity contribution in [3.8, 4) is 0 Å². The van der Waals surface area contributed by atoms with Gasteiger partial charge in [-0.1, -0.05) is 32.9 Å². The first-order valence-electron chi connectivity index (χ1n) is 4.89. The van der Waals surface area contributed by atoms with Crippen LogP contribution in [-0.4, -0.2) is 5.91 Å². The predicted molar refractivity (Wildman–Crippen MR) is 67.0 cm³/mol.